The molecule has 0 aliphatic heterocycles. The van der Waals surface area contributed by atoms with Crippen LogP contribution in [0.15, 0.2) is 28.9 Å². The molecule has 0 saturated carbocycles. The Hall–Kier alpha value is -2.65. The van der Waals surface area contributed by atoms with Gasteiger partial charge in [0.2, 0.25) is 11.7 Å². The van der Waals surface area contributed by atoms with Crippen LogP contribution in [0.5, 0.6) is 0 Å². The minimum atomic E-state index is -0.537. The average molecular weight is 379 g/mol. The van der Waals surface area contributed by atoms with Crippen LogP contribution in [0.1, 0.15) is 36.1 Å². The number of hydrogen-bond acceptors (Lipinski definition) is 7. The number of ether oxygens (including phenoxy) is 3. The Morgan fingerprint density at radius 3 is 2.81 bits per heavy atom. The van der Waals surface area contributed by atoms with Crippen LogP contribution in [0.4, 0.5) is 5.69 Å². The summed E-state index contributed by atoms with van der Waals surface area (Å²) >= 11 is 0. The van der Waals surface area contributed by atoms with Gasteiger partial charge in [0, 0.05) is 12.8 Å². The van der Waals surface area contributed by atoms with Crippen LogP contribution >= 0.6 is 0 Å². The molecule has 9 nitrogen and oxygen atoms in total. The molecular weight excluding hydrogens is 354 g/mol. The summed E-state index contributed by atoms with van der Waals surface area (Å²) in [4.78, 5) is 23.2. The van der Waals surface area contributed by atoms with Crippen molar-refractivity contribution in [2.24, 2.45) is 0 Å². The monoisotopic (exact) mass is 379 g/mol. The van der Waals surface area contributed by atoms with Crippen molar-refractivity contribution in [2.45, 2.75) is 26.3 Å². The Balaban J connectivity index is 1.70. The van der Waals surface area contributed by atoms with Crippen molar-refractivity contribution in [3.8, 4) is 0 Å². The van der Waals surface area contributed by atoms with E-state index in [1.807, 2.05) is 0 Å². The van der Waals surface area contributed by atoms with Gasteiger partial charge < -0.3 is 23.9 Å². The molecule has 0 radical (unpaired) electrons. The van der Waals surface area contributed by atoms with E-state index in [9.17, 15) is 9.59 Å². The van der Waals surface area contributed by atoms with Crippen LogP contribution in [-0.4, -0.2) is 55.2 Å². The fraction of sp³-hybridized carbons (Fsp3) is 0.500. The SMILES string of the molecule is CCCCOCCOCC(=O)Nc1cnn(Cc2ccc(C(=O)OC)o2)c1. The molecule has 1 N–H and O–H groups in total. The highest BCUT2D eigenvalue weighted by atomic mass is 16.5. The van der Waals surface area contributed by atoms with Crippen LogP contribution in [0, 0.1) is 0 Å². The van der Waals surface area contributed by atoms with E-state index in [0.717, 1.165) is 12.8 Å². The zero-order chi connectivity index (χ0) is 19.5. The molecule has 0 saturated heterocycles. The van der Waals surface area contributed by atoms with Crippen molar-refractivity contribution in [1.29, 1.82) is 0 Å². The van der Waals surface area contributed by atoms with E-state index in [-0.39, 0.29) is 18.3 Å². The van der Waals surface area contributed by atoms with E-state index in [1.165, 1.54) is 19.4 Å². The predicted octanol–water partition coefficient (Wildman–Crippen LogP) is 2.08. The molecule has 0 fully saturated rings. The maximum Gasteiger partial charge on any atom is 0.373 e. The number of methoxy groups -OCH3 is 1. The van der Waals surface area contributed by atoms with Crippen molar-refractivity contribution in [3.05, 3.63) is 36.0 Å². The maximum absolute atomic E-state index is 11.8. The van der Waals surface area contributed by atoms with Gasteiger partial charge in [0.1, 0.15) is 12.4 Å². The summed E-state index contributed by atoms with van der Waals surface area (Å²) in [6.45, 7) is 3.92. The first-order chi connectivity index (χ1) is 13.1. The number of hydrogen-bond donors (Lipinski definition) is 1. The van der Waals surface area contributed by atoms with Gasteiger partial charge in [-0.2, -0.15) is 5.10 Å². The average Bonchev–Trinajstić information content (AvgIpc) is 3.30. The Bertz CT molecular complexity index is 724. The molecule has 27 heavy (non-hydrogen) atoms. The first-order valence-corrected chi connectivity index (χ1v) is 8.77. The molecule has 0 bridgehead atoms. The molecule has 0 spiro atoms. The van der Waals surface area contributed by atoms with E-state index >= 15 is 0 Å². The van der Waals surface area contributed by atoms with Crippen molar-refractivity contribution >= 4 is 17.6 Å². The van der Waals surface area contributed by atoms with Gasteiger partial charge in [-0.05, 0) is 18.6 Å². The van der Waals surface area contributed by atoms with Gasteiger partial charge in [-0.3, -0.25) is 9.48 Å². The number of furan rings is 1. The van der Waals surface area contributed by atoms with Gasteiger partial charge in [0.15, 0.2) is 0 Å². The Labute approximate surface area is 157 Å². The van der Waals surface area contributed by atoms with Crippen molar-refractivity contribution < 1.29 is 28.2 Å². The molecular formula is C18H25N3O6. The number of nitrogens with zero attached hydrogens (tertiary/aromatic N) is 2. The van der Waals surface area contributed by atoms with Crippen LogP contribution in [0.25, 0.3) is 0 Å². The van der Waals surface area contributed by atoms with Crippen LogP contribution < -0.4 is 5.32 Å². The smallest absolute Gasteiger partial charge is 0.373 e. The second-order valence-electron chi connectivity index (χ2n) is 5.75. The lowest BCUT2D eigenvalue weighted by molar-refractivity contribution is -0.121. The molecule has 2 aromatic heterocycles. The minimum Gasteiger partial charge on any atom is -0.463 e. The standard InChI is InChI=1S/C18H25N3O6/c1-3-4-7-25-8-9-26-13-17(22)20-14-10-19-21(11-14)12-15-5-6-16(27-15)18(23)24-2/h5-6,10-11H,3-4,7-9,12-13H2,1-2H3,(H,20,22). The second kappa shape index (κ2) is 11.1. The number of anilines is 1. The highest BCUT2D eigenvalue weighted by Crippen LogP contribution is 2.12. The molecule has 0 aliphatic rings. The molecule has 0 aliphatic carbocycles. The lowest BCUT2D eigenvalue weighted by Gasteiger charge is -2.05. The molecule has 2 aromatic rings. The van der Waals surface area contributed by atoms with E-state index in [0.29, 0.717) is 37.8 Å². The van der Waals surface area contributed by atoms with Gasteiger partial charge in [-0.1, -0.05) is 13.3 Å². The highest BCUT2D eigenvalue weighted by Gasteiger charge is 2.12. The summed E-state index contributed by atoms with van der Waals surface area (Å²) in [5, 5.41) is 6.84. The summed E-state index contributed by atoms with van der Waals surface area (Å²) in [5.41, 5.74) is 0.544. The largest absolute Gasteiger partial charge is 0.463 e. The number of aromatic nitrogens is 2. The van der Waals surface area contributed by atoms with Crippen molar-refractivity contribution in [3.63, 3.8) is 0 Å². The quantitative estimate of drug-likeness (QED) is 0.445. The lowest BCUT2D eigenvalue weighted by Crippen LogP contribution is -2.19. The van der Waals surface area contributed by atoms with Crippen LogP contribution in [-0.2, 0) is 25.5 Å². The van der Waals surface area contributed by atoms with E-state index in [2.05, 4.69) is 22.1 Å². The van der Waals surface area contributed by atoms with Crippen LogP contribution in [0.2, 0.25) is 0 Å². The van der Waals surface area contributed by atoms with Gasteiger partial charge in [0.05, 0.1) is 38.8 Å². The molecule has 0 unspecified atom stereocenters. The number of rotatable bonds is 12. The topological polar surface area (TPSA) is 105 Å². The third-order valence-electron chi connectivity index (χ3n) is 3.53. The summed E-state index contributed by atoms with van der Waals surface area (Å²) in [7, 11) is 1.29. The van der Waals surface area contributed by atoms with Gasteiger partial charge in [0.25, 0.3) is 0 Å². The molecule has 0 atom stereocenters. The summed E-state index contributed by atoms with van der Waals surface area (Å²) in [5.74, 6) is -0.133. The van der Waals surface area contributed by atoms with E-state index < -0.39 is 5.97 Å². The number of carbonyl (C=O) groups excluding carboxylic acids is 2. The number of esters is 1. The first-order valence-electron chi connectivity index (χ1n) is 8.77. The molecule has 9 heteroatoms. The third kappa shape index (κ3) is 7.24. The third-order valence-corrected chi connectivity index (χ3v) is 3.53. The minimum absolute atomic E-state index is 0.0526. The number of amides is 1. The van der Waals surface area contributed by atoms with Crippen molar-refractivity contribution in [1.82, 2.24) is 9.78 Å². The first kappa shape index (κ1) is 20.7. The van der Waals surface area contributed by atoms with Crippen molar-refractivity contribution in [2.75, 3.05) is 38.9 Å². The Kier molecular flexibility index (Phi) is 8.53. The second-order valence-corrected chi connectivity index (χ2v) is 5.75. The molecule has 2 heterocycles. The van der Waals surface area contributed by atoms with Gasteiger partial charge >= 0.3 is 5.97 Å². The number of unbranched alkanes of at least 4 members (excludes halogenated alkanes) is 1. The van der Waals surface area contributed by atoms with E-state index in [4.69, 9.17) is 13.9 Å². The fourth-order valence-corrected chi connectivity index (χ4v) is 2.18. The molecule has 0 aromatic carbocycles. The number of nitrogens with one attached hydrogen (secondary N) is 1. The van der Waals surface area contributed by atoms with Crippen LogP contribution in [0.3, 0.4) is 0 Å². The molecule has 1 amide bonds. The fourth-order valence-electron chi connectivity index (χ4n) is 2.18. The normalized spacial score (nSPS) is 10.7. The highest BCUT2D eigenvalue weighted by molar-refractivity contribution is 5.91. The van der Waals surface area contributed by atoms with Gasteiger partial charge in [-0.15, -0.1) is 0 Å². The molecule has 148 valence electrons. The maximum atomic E-state index is 11.8. The number of carbonyl (C=O) groups is 2. The Morgan fingerprint density at radius 1 is 1.22 bits per heavy atom. The van der Waals surface area contributed by atoms with E-state index in [1.54, 1.807) is 16.9 Å². The summed E-state index contributed by atoms with van der Waals surface area (Å²) in [6, 6.07) is 3.21. The summed E-state index contributed by atoms with van der Waals surface area (Å²) < 4.78 is 22.2. The molecule has 2 rings (SSSR count). The zero-order valence-corrected chi connectivity index (χ0v) is 15.6. The zero-order valence-electron chi connectivity index (χ0n) is 15.6. The predicted molar refractivity (Wildman–Crippen MR) is 96.6 cm³/mol. The Morgan fingerprint density at radius 2 is 2.04 bits per heavy atom. The lowest BCUT2D eigenvalue weighted by atomic mass is 10.4. The van der Waals surface area contributed by atoms with Gasteiger partial charge in [-0.25, -0.2) is 4.79 Å². The summed E-state index contributed by atoms with van der Waals surface area (Å²) in [6.07, 6.45) is 5.29.